The van der Waals surface area contributed by atoms with E-state index >= 15 is 0 Å². The van der Waals surface area contributed by atoms with Gasteiger partial charge in [0.15, 0.2) is 0 Å². The molecule has 0 spiro atoms. The van der Waals surface area contributed by atoms with E-state index in [0.717, 1.165) is 17.7 Å². The number of benzene rings is 2. The van der Waals surface area contributed by atoms with Gasteiger partial charge in [0.25, 0.3) is 0 Å². The second-order valence-electron chi connectivity index (χ2n) is 4.62. The summed E-state index contributed by atoms with van der Waals surface area (Å²) in [5, 5.41) is 0. The van der Waals surface area contributed by atoms with Gasteiger partial charge < -0.3 is 0 Å². The van der Waals surface area contributed by atoms with Gasteiger partial charge in [-0.1, -0.05) is 37.3 Å². The van der Waals surface area contributed by atoms with Crippen molar-refractivity contribution in [2.45, 2.75) is 17.7 Å². The van der Waals surface area contributed by atoms with Crippen LogP contribution in [0.5, 0.6) is 0 Å². The maximum absolute atomic E-state index is 12.8. The van der Waals surface area contributed by atoms with Gasteiger partial charge in [0.2, 0.25) is 10.0 Å². The van der Waals surface area contributed by atoms with E-state index in [1.165, 1.54) is 12.1 Å². The first-order valence-electron chi connectivity index (χ1n) is 6.29. The van der Waals surface area contributed by atoms with Crippen LogP contribution < -0.4 is 4.72 Å². The highest BCUT2D eigenvalue weighted by atomic mass is 32.2. The van der Waals surface area contributed by atoms with Crippen LogP contribution in [-0.2, 0) is 10.0 Å². The van der Waals surface area contributed by atoms with E-state index in [1.54, 1.807) is 0 Å². The lowest BCUT2D eigenvalue weighted by Gasteiger charge is -2.13. The number of rotatable bonds is 5. The summed E-state index contributed by atoms with van der Waals surface area (Å²) in [6, 6.07) is 14.4. The zero-order valence-electron chi connectivity index (χ0n) is 11.1. The van der Waals surface area contributed by atoms with Crippen LogP contribution >= 0.6 is 0 Å². The maximum Gasteiger partial charge on any atom is 0.240 e. The number of nitrogens with one attached hydrogen (secondary N) is 1. The van der Waals surface area contributed by atoms with E-state index in [-0.39, 0.29) is 10.8 Å². The fourth-order valence-corrected chi connectivity index (χ4v) is 2.96. The molecule has 2 aromatic carbocycles. The van der Waals surface area contributed by atoms with Crippen molar-refractivity contribution < 1.29 is 12.8 Å². The summed E-state index contributed by atoms with van der Waals surface area (Å²) in [7, 11) is -3.60. The third-order valence-electron chi connectivity index (χ3n) is 3.07. The first-order valence-corrected chi connectivity index (χ1v) is 7.77. The average molecular weight is 293 g/mol. The fourth-order valence-electron chi connectivity index (χ4n) is 1.83. The van der Waals surface area contributed by atoms with Crippen molar-refractivity contribution in [1.29, 1.82) is 0 Å². The summed E-state index contributed by atoms with van der Waals surface area (Å²) in [6.07, 6.45) is 0. The maximum atomic E-state index is 12.8. The van der Waals surface area contributed by atoms with Crippen LogP contribution in [0.2, 0.25) is 0 Å². The minimum absolute atomic E-state index is 0.0615. The van der Waals surface area contributed by atoms with Gasteiger partial charge in [-0.3, -0.25) is 0 Å². The van der Waals surface area contributed by atoms with Crippen LogP contribution in [0.25, 0.3) is 0 Å². The van der Waals surface area contributed by atoms with Gasteiger partial charge in [0, 0.05) is 6.54 Å². The third kappa shape index (κ3) is 3.65. The second kappa shape index (κ2) is 6.15. The highest BCUT2D eigenvalue weighted by molar-refractivity contribution is 7.89. The molecule has 0 radical (unpaired) electrons. The van der Waals surface area contributed by atoms with Gasteiger partial charge in [0.05, 0.1) is 4.90 Å². The number of halogens is 1. The van der Waals surface area contributed by atoms with Crippen LogP contribution in [0, 0.1) is 5.82 Å². The van der Waals surface area contributed by atoms with Gasteiger partial charge in [-0.2, -0.15) is 0 Å². The molecule has 1 atom stereocenters. The van der Waals surface area contributed by atoms with Crippen LogP contribution in [0.4, 0.5) is 4.39 Å². The lowest BCUT2D eigenvalue weighted by Crippen LogP contribution is -2.27. The molecular weight excluding hydrogens is 277 g/mol. The number of hydrogen-bond donors (Lipinski definition) is 1. The van der Waals surface area contributed by atoms with Crippen molar-refractivity contribution in [3.8, 4) is 0 Å². The molecule has 0 amide bonds. The summed E-state index contributed by atoms with van der Waals surface area (Å²) < 4.78 is 39.4. The number of sulfonamides is 1. The predicted octanol–water partition coefficient (Wildman–Crippen LogP) is 2.91. The summed E-state index contributed by atoms with van der Waals surface area (Å²) in [5.41, 5.74) is 1.06. The van der Waals surface area contributed by atoms with Crippen LogP contribution in [0.15, 0.2) is 59.5 Å². The second-order valence-corrected chi connectivity index (χ2v) is 6.38. The van der Waals surface area contributed by atoms with Crippen molar-refractivity contribution in [3.63, 3.8) is 0 Å². The van der Waals surface area contributed by atoms with Gasteiger partial charge in [-0.05, 0) is 35.7 Å². The van der Waals surface area contributed by atoms with Crippen LogP contribution in [-0.4, -0.2) is 15.0 Å². The first-order chi connectivity index (χ1) is 9.49. The lowest BCUT2D eigenvalue weighted by molar-refractivity contribution is 0.574. The zero-order chi connectivity index (χ0) is 14.6. The molecule has 2 rings (SSSR count). The van der Waals surface area contributed by atoms with Crippen molar-refractivity contribution in [2.75, 3.05) is 6.54 Å². The Morgan fingerprint density at radius 2 is 1.65 bits per heavy atom. The molecular formula is C15H16FNO2S. The molecule has 0 saturated carbocycles. The largest absolute Gasteiger partial charge is 0.240 e. The standard InChI is InChI=1S/C15H16FNO2S/c1-12(13-5-3-2-4-6-13)11-17-20(18,19)15-9-7-14(16)8-10-15/h2-10,12,17H,11H2,1H3/t12-/m0/s1. The van der Waals surface area contributed by atoms with Crippen molar-refractivity contribution in [3.05, 3.63) is 66.0 Å². The molecule has 20 heavy (non-hydrogen) atoms. The van der Waals surface area contributed by atoms with E-state index in [0.29, 0.717) is 6.54 Å². The van der Waals surface area contributed by atoms with Gasteiger partial charge >= 0.3 is 0 Å². The molecule has 0 saturated heterocycles. The number of hydrogen-bond acceptors (Lipinski definition) is 2. The molecule has 106 valence electrons. The van der Waals surface area contributed by atoms with E-state index in [1.807, 2.05) is 37.3 Å². The Balaban J connectivity index is 2.04. The van der Waals surface area contributed by atoms with Gasteiger partial charge in [0.1, 0.15) is 5.82 Å². The lowest BCUT2D eigenvalue weighted by atomic mass is 10.0. The molecule has 1 N–H and O–H groups in total. The Morgan fingerprint density at radius 3 is 2.25 bits per heavy atom. The Bertz CT molecular complexity index is 654. The molecule has 0 fully saturated rings. The monoisotopic (exact) mass is 293 g/mol. The summed E-state index contributed by atoms with van der Waals surface area (Å²) in [5.74, 6) is -0.395. The Morgan fingerprint density at radius 1 is 1.05 bits per heavy atom. The van der Waals surface area contributed by atoms with Crippen LogP contribution in [0.1, 0.15) is 18.4 Å². The predicted molar refractivity (Wildman–Crippen MR) is 76.4 cm³/mol. The molecule has 2 aromatic rings. The molecule has 0 aromatic heterocycles. The topological polar surface area (TPSA) is 46.2 Å². The van der Waals surface area contributed by atoms with Gasteiger partial charge in [-0.25, -0.2) is 17.5 Å². The van der Waals surface area contributed by atoms with Crippen molar-refractivity contribution >= 4 is 10.0 Å². The average Bonchev–Trinajstić information content (AvgIpc) is 2.46. The molecule has 0 aliphatic heterocycles. The summed E-state index contributed by atoms with van der Waals surface area (Å²) in [6.45, 7) is 2.24. The minimum atomic E-state index is -3.60. The Hall–Kier alpha value is -1.72. The third-order valence-corrected chi connectivity index (χ3v) is 4.51. The van der Waals surface area contributed by atoms with E-state index < -0.39 is 15.8 Å². The minimum Gasteiger partial charge on any atom is -0.211 e. The highest BCUT2D eigenvalue weighted by Gasteiger charge is 2.15. The van der Waals surface area contributed by atoms with Gasteiger partial charge in [-0.15, -0.1) is 0 Å². The molecule has 0 heterocycles. The normalized spacial score (nSPS) is 13.1. The Kier molecular flexibility index (Phi) is 4.52. The smallest absolute Gasteiger partial charge is 0.211 e. The zero-order valence-corrected chi connectivity index (χ0v) is 11.9. The molecule has 0 aliphatic carbocycles. The summed E-state index contributed by atoms with van der Waals surface area (Å²) in [4.78, 5) is 0.0687. The quantitative estimate of drug-likeness (QED) is 0.921. The van der Waals surface area contributed by atoms with E-state index in [4.69, 9.17) is 0 Å². The Labute approximate surface area is 118 Å². The first kappa shape index (κ1) is 14.7. The molecule has 0 bridgehead atoms. The molecule has 0 aliphatic rings. The molecule has 5 heteroatoms. The van der Waals surface area contributed by atoms with Crippen LogP contribution in [0.3, 0.4) is 0 Å². The molecule has 3 nitrogen and oxygen atoms in total. The fraction of sp³-hybridized carbons (Fsp3) is 0.200. The SMILES string of the molecule is C[C@@H](CNS(=O)(=O)c1ccc(F)cc1)c1ccccc1. The van der Waals surface area contributed by atoms with E-state index in [2.05, 4.69) is 4.72 Å². The summed E-state index contributed by atoms with van der Waals surface area (Å²) >= 11 is 0. The van der Waals surface area contributed by atoms with E-state index in [9.17, 15) is 12.8 Å². The highest BCUT2D eigenvalue weighted by Crippen LogP contribution is 2.15. The molecule has 0 unspecified atom stereocenters. The van der Waals surface area contributed by atoms with Crippen molar-refractivity contribution in [2.24, 2.45) is 0 Å². The van der Waals surface area contributed by atoms with Crippen molar-refractivity contribution in [1.82, 2.24) is 4.72 Å².